The number of nitrogens with two attached hydrogens (primary N) is 1. The van der Waals surface area contributed by atoms with Gasteiger partial charge in [0, 0.05) is 25.6 Å². The van der Waals surface area contributed by atoms with Crippen LogP contribution < -0.4 is 10.5 Å². The minimum absolute atomic E-state index is 0.0601. The first-order valence-electron chi connectivity index (χ1n) is 5.96. The molecule has 2 unspecified atom stereocenters. The van der Waals surface area contributed by atoms with Gasteiger partial charge in [0.05, 0.1) is 5.69 Å². The Labute approximate surface area is 114 Å². The summed E-state index contributed by atoms with van der Waals surface area (Å²) in [6.07, 6.45) is -4.03. The van der Waals surface area contributed by atoms with E-state index in [1.165, 1.54) is 13.1 Å². The Kier molecular flexibility index (Phi) is 3.82. The van der Waals surface area contributed by atoms with E-state index in [1.54, 1.807) is 0 Å². The number of aryl methyl sites for hydroxylation is 1. The van der Waals surface area contributed by atoms with Crippen LogP contribution in [0.5, 0.6) is 0 Å². The van der Waals surface area contributed by atoms with Gasteiger partial charge in [0.15, 0.2) is 5.03 Å². The molecule has 3 N–H and O–H groups in total. The summed E-state index contributed by atoms with van der Waals surface area (Å²) in [7, 11) is -2.46. The molecule has 0 radical (unpaired) electrons. The highest BCUT2D eigenvalue weighted by molar-refractivity contribution is 7.89. The lowest BCUT2D eigenvalue weighted by atomic mass is 9.92. The van der Waals surface area contributed by atoms with Crippen LogP contribution in [-0.4, -0.2) is 37.0 Å². The van der Waals surface area contributed by atoms with Crippen LogP contribution in [0.25, 0.3) is 0 Å². The van der Waals surface area contributed by atoms with Crippen molar-refractivity contribution in [2.45, 2.75) is 36.0 Å². The summed E-state index contributed by atoms with van der Waals surface area (Å²) < 4.78 is 61.2. The van der Waals surface area contributed by atoms with Gasteiger partial charge in [-0.25, -0.2) is 13.6 Å². The lowest BCUT2D eigenvalue weighted by Crippen LogP contribution is -2.47. The minimum atomic E-state index is -4.26. The van der Waals surface area contributed by atoms with Crippen LogP contribution >= 0.6 is 0 Å². The number of nitrogens with zero attached hydrogens (tertiary/aromatic N) is 2. The molecule has 20 heavy (non-hydrogen) atoms. The number of alkyl halides is 3. The van der Waals surface area contributed by atoms with Gasteiger partial charge in [-0.2, -0.15) is 18.3 Å². The Hall–Kier alpha value is -1.13. The van der Waals surface area contributed by atoms with Gasteiger partial charge in [0.2, 0.25) is 0 Å². The van der Waals surface area contributed by atoms with E-state index in [2.05, 4.69) is 10.4 Å². The maximum atomic E-state index is 12.5. The predicted molar refractivity (Wildman–Crippen MR) is 64.4 cm³/mol. The van der Waals surface area contributed by atoms with Gasteiger partial charge in [-0.1, -0.05) is 0 Å². The first kappa shape index (κ1) is 15.3. The first-order valence-corrected chi connectivity index (χ1v) is 7.50. The maximum Gasteiger partial charge on any atom is 0.403 e. The number of hydrogen-bond acceptors (Lipinski definition) is 4. The van der Waals surface area contributed by atoms with Crippen LogP contribution in [0.4, 0.5) is 13.2 Å². The van der Waals surface area contributed by atoms with E-state index >= 15 is 0 Å². The first-order chi connectivity index (χ1) is 9.09. The molecule has 10 heteroatoms. The third kappa shape index (κ3) is 3.13. The molecule has 0 spiro atoms. The Morgan fingerprint density at radius 1 is 1.45 bits per heavy atom. The minimum Gasteiger partial charge on any atom is -0.305 e. The molecule has 1 aliphatic heterocycles. The lowest BCUT2D eigenvalue weighted by molar-refractivity contribution is -0.160. The van der Waals surface area contributed by atoms with Gasteiger partial charge in [-0.15, -0.1) is 0 Å². The molecular formula is C10H15F3N4O2S. The van der Waals surface area contributed by atoms with Crippen molar-refractivity contribution in [2.75, 3.05) is 6.54 Å². The summed E-state index contributed by atoms with van der Waals surface area (Å²) in [5.74, 6) is -0.254. The fourth-order valence-electron chi connectivity index (χ4n) is 2.33. The molecule has 0 amide bonds. The molecule has 2 heterocycles. The molecule has 114 valence electrons. The standard InChI is InChI=1S/C10H15F3N4O2S/c1-17-9(20(14,18)19)4-7(16-17)6-2-3-8(15-5-6)10(11,12)13/h4,6,8,15H,2-3,5H2,1H3,(H2,14,18,19). The van der Waals surface area contributed by atoms with E-state index in [4.69, 9.17) is 5.14 Å². The normalized spacial score (nSPS) is 24.9. The maximum absolute atomic E-state index is 12.5. The zero-order valence-electron chi connectivity index (χ0n) is 10.7. The highest BCUT2D eigenvalue weighted by Crippen LogP contribution is 2.32. The summed E-state index contributed by atoms with van der Waals surface area (Å²) >= 11 is 0. The molecule has 1 aromatic rings. The molecule has 2 atom stereocenters. The fourth-order valence-corrected chi connectivity index (χ4v) is 3.02. The second-order valence-corrected chi connectivity index (χ2v) is 6.36. The smallest absolute Gasteiger partial charge is 0.305 e. The Bertz CT molecular complexity index is 588. The Balaban J connectivity index is 2.12. The predicted octanol–water partition coefficient (Wildman–Crippen LogP) is 0.465. The van der Waals surface area contributed by atoms with Crippen LogP contribution in [0.15, 0.2) is 11.1 Å². The van der Waals surface area contributed by atoms with Crippen molar-refractivity contribution in [1.82, 2.24) is 15.1 Å². The van der Waals surface area contributed by atoms with E-state index in [0.29, 0.717) is 5.69 Å². The third-order valence-electron chi connectivity index (χ3n) is 3.38. The van der Waals surface area contributed by atoms with Gasteiger partial charge in [-0.3, -0.25) is 4.68 Å². The van der Waals surface area contributed by atoms with E-state index in [9.17, 15) is 21.6 Å². The number of nitrogens with one attached hydrogen (secondary N) is 1. The quantitative estimate of drug-likeness (QED) is 0.830. The lowest BCUT2D eigenvalue weighted by Gasteiger charge is -2.30. The van der Waals surface area contributed by atoms with Gasteiger partial charge in [-0.05, 0) is 12.8 Å². The van der Waals surface area contributed by atoms with Crippen molar-refractivity contribution in [2.24, 2.45) is 12.2 Å². The Morgan fingerprint density at radius 3 is 2.50 bits per heavy atom. The highest BCUT2D eigenvalue weighted by atomic mass is 32.2. The topological polar surface area (TPSA) is 90.0 Å². The number of aromatic nitrogens is 2. The van der Waals surface area contributed by atoms with Gasteiger partial charge < -0.3 is 5.32 Å². The second kappa shape index (κ2) is 5.01. The number of halogens is 3. The second-order valence-electron chi connectivity index (χ2n) is 4.85. The van der Waals surface area contributed by atoms with E-state index in [-0.39, 0.29) is 30.3 Å². The number of primary sulfonamides is 1. The third-order valence-corrected chi connectivity index (χ3v) is 4.34. The van der Waals surface area contributed by atoms with Crippen LogP contribution in [-0.2, 0) is 17.1 Å². The summed E-state index contributed by atoms with van der Waals surface area (Å²) in [6.45, 7) is 0.102. The van der Waals surface area contributed by atoms with Crippen molar-refractivity contribution < 1.29 is 21.6 Å². The van der Waals surface area contributed by atoms with Crippen LogP contribution in [0, 0.1) is 0 Å². The summed E-state index contributed by atoms with van der Waals surface area (Å²) in [6, 6.07) is -0.199. The van der Waals surface area contributed by atoms with Crippen LogP contribution in [0.1, 0.15) is 24.5 Å². The van der Waals surface area contributed by atoms with Gasteiger partial charge in [0.1, 0.15) is 6.04 Å². The SMILES string of the molecule is Cn1nc(C2CCC(C(F)(F)F)NC2)cc1S(N)(=O)=O. The molecule has 0 bridgehead atoms. The number of rotatable bonds is 2. The number of piperidine rings is 1. The van der Waals surface area contributed by atoms with E-state index in [1.807, 2.05) is 0 Å². The van der Waals surface area contributed by atoms with Crippen LogP contribution in [0.2, 0.25) is 0 Å². The molecule has 1 aliphatic rings. The summed E-state index contributed by atoms with van der Waals surface area (Å²) in [5, 5.41) is 11.3. The summed E-state index contributed by atoms with van der Waals surface area (Å²) in [4.78, 5) is 0. The van der Waals surface area contributed by atoms with Crippen molar-refractivity contribution in [3.05, 3.63) is 11.8 Å². The van der Waals surface area contributed by atoms with Crippen molar-refractivity contribution >= 4 is 10.0 Å². The van der Waals surface area contributed by atoms with Crippen molar-refractivity contribution in [3.8, 4) is 0 Å². The molecule has 1 fully saturated rings. The average Bonchev–Trinajstić information content (AvgIpc) is 2.70. The van der Waals surface area contributed by atoms with Crippen molar-refractivity contribution in [1.29, 1.82) is 0 Å². The Morgan fingerprint density at radius 2 is 2.10 bits per heavy atom. The monoisotopic (exact) mass is 312 g/mol. The highest BCUT2D eigenvalue weighted by Gasteiger charge is 2.42. The summed E-state index contributed by atoms with van der Waals surface area (Å²) in [5.41, 5.74) is 0.435. The molecule has 0 saturated carbocycles. The van der Waals surface area contributed by atoms with Crippen LogP contribution in [0.3, 0.4) is 0 Å². The fraction of sp³-hybridized carbons (Fsp3) is 0.700. The van der Waals surface area contributed by atoms with E-state index in [0.717, 1.165) is 4.68 Å². The molecule has 2 rings (SSSR count). The number of hydrogen-bond donors (Lipinski definition) is 2. The zero-order valence-corrected chi connectivity index (χ0v) is 11.5. The zero-order chi connectivity index (χ0) is 15.1. The molecular weight excluding hydrogens is 297 g/mol. The molecule has 1 saturated heterocycles. The average molecular weight is 312 g/mol. The van der Waals surface area contributed by atoms with Crippen molar-refractivity contribution in [3.63, 3.8) is 0 Å². The van der Waals surface area contributed by atoms with Gasteiger partial charge >= 0.3 is 6.18 Å². The molecule has 6 nitrogen and oxygen atoms in total. The largest absolute Gasteiger partial charge is 0.403 e. The molecule has 0 aromatic carbocycles. The molecule has 1 aromatic heterocycles. The van der Waals surface area contributed by atoms with Gasteiger partial charge in [0.25, 0.3) is 10.0 Å². The number of sulfonamides is 1. The van der Waals surface area contributed by atoms with E-state index < -0.39 is 22.2 Å². The molecule has 0 aliphatic carbocycles.